The number of hydrogen-bond acceptors (Lipinski definition) is 4. The van der Waals surface area contributed by atoms with Gasteiger partial charge < -0.3 is 15.5 Å². The van der Waals surface area contributed by atoms with Crippen LogP contribution in [0.1, 0.15) is 5.56 Å². The van der Waals surface area contributed by atoms with Crippen molar-refractivity contribution in [1.82, 2.24) is 10.3 Å². The molecule has 0 spiro atoms. The van der Waals surface area contributed by atoms with Gasteiger partial charge in [0, 0.05) is 6.54 Å². The number of benzene rings is 1. The molecule has 2 aromatic rings. The van der Waals surface area contributed by atoms with Gasteiger partial charge in [0.1, 0.15) is 5.52 Å². The van der Waals surface area contributed by atoms with Crippen LogP contribution in [0.5, 0.6) is 0 Å². The van der Waals surface area contributed by atoms with Gasteiger partial charge in [0.2, 0.25) is 5.91 Å². The molecule has 3 N–H and O–H groups in total. The highest BCUT2D eigenvalue weighted by molar-refractivity contribution is 5.76. The molecule has 1 aromatic heterocycles. The van der Waals surface area contributed by atoms with E-state index in [1.807, 2.05) is 18.2 Å². The van der Waals surface area contributed by atoms with Crippen LogP contribution in [0.3, 0.4) is 0 Å². The van der Waals surface area contributed by atoms with Crippen LogP contribution >= 0.6 is 0 Å². The van der Waals surface area contributed by atoms with E-state index in [1.165, 1.54) is 6.39 Å². The van der Waals surface area contributed by atoms with Crippen molar-refractivity contribution in [2.45, 2.75) is 6.54 Å². The maximum Gasteiger partial charge on any atom is 0.231 e. The summed E-state index contributed by atoms with van der Waals surface area (Å²) < 4.78 is 5.16. The highest BCUT2D eigenvalue weighted by Gasteiger charge is 2.00. The van der Waals surface area contributed by atoms with Gasteiger partial charge in [-0.3, -0.25) is 4.79 Å². The largest absolute Gasteiger partial charge is 0.443 e. The Labute approximate surface area is 86.3 Å². The van der Waals surface area contributed by atoms with Gasteiger partial charge in [-0.25, -0.2) is 4.98 Å². The summed E-state index contributed by atoms with van der Waals surface area (Å²) >= 11 is 0. The van der Waals surface area contributed by atoms with E-state index in [0.717, 1.165) is 16.7 Å². The first-order chi connectivity index (χ1) is 7.25. The van der Waals surface area contributed by atoms with Crippen LogP contribution in [0, 0.1) is 0 Å². The van der Waals surface area contributed by atoms with E-state index in [2.05, 4.69) is 10.3 Å². The second-order valence-electron chi connectivity index (χ2n) is 3.22. The Balaban J connectivity index is 2.04. The monoisotopic (exact) mass is 205 g/mol. The zero-order chi connectivity index (χ0) is 10.7. The molecule has 1 amide bonds. The minimum Gasteiger partial charge on any atom is -0.443 e. The van der Waals surface area contributed by atoms with Crippen LogP contribution in [-0.4, -0.2) is 17.4 Å². The van der Waals surface area contributed by atoms with Crippen molar-refractivity contribution in [3.05, 3.63) is 30.2 Å². The van der Waals surface area contributed by atoms with E-state index in [9.17, 15) is 4.79 Å². The SMILES string of the molecule is NC(=O)CNCc1ccc2ncoc2c1. The van der Waals surface area contributed by atoms with Crippen molar-refractivity contribution < 1.29 is 9.21 Å². The van der Waals surface area contributed by atoms with Gasteiger partial charge in [-0.15, -0.1) is 0 Å². The zero-order valence-corrected chi connectivity index (χ0v) is 8.06. The Bertz CT molecular complexity index is 478. The number of oxazole rings is 1. The van der Waals surface area contributed by atoms with Gasteiger partial charge in [-0.1, -0.05) is 6.07 Å². The van der Waals surface area contributed by atoms with E-state index in [-0.39, 0.29) is 12.5 Å². The summed E-state index contributed by atoms with van der Waals surface area (Å²) in [5.74, 6) is -0.365. The van der Waals surface area contributed by atoms with Crippen molar-refractivity contribution in [3.63, 3.8) is 0 Å². The first-order valence-electron chi connectivity index (χ1n) is 4.57. The molecular weight excluding hydrogens is 194 g/mol. The molecule has 0 fully saturated rings. The number of nitrogens with two attached hydrogens (primary N) is 1. The average molecular weight is 205 g/mol. The third-order valence-corrected chi connectivity index (χ3v) is 2.02. The molecule has 1 heterocycles. The van der Waals surface area contributed by atoms with Crippen LogP contribution < -0.4 is 11.1 Å². The Morgan fingerprint density at radius 1 is 1.53 bits per heavy atom. The van der Waals surface area contributed by atoms with Gasteiger partial charge in [0.25, 0.3) is 0 Å². The van der Waals surface area contributed by atoms with Gasteiger partial charge >= 0.3 is 0 Å². The predicted octanol–water partition coefficient (Wildman–Crippen LogP) is 0.403. The molecule has 0 saturated heterocycles. The molecule has 0 radical (unpaired) electrons. The minimum atomic E-state index is -0.365. The number of nitrogens with zero attached hydrogens (tertiary/aromatic N) is 1. The Hall–Kier alpha value is -1.88. The predicted molar refractivity (Wildman–Crippen MR) is 54.9 cm³/mol. The topological polar surface area (TPSA) is 81.2 Å². The molecule has 0 saturated carbocycles. The molecule has 5 heteroatoms. The number of nitrogens with one attached hydrogen (secondary N) is 1. The molecule has 0 unspecified atom stereocenters. The first-order valence-corrected chi connectivity index (χ1v) is 4.57. The fourth-order valence-electron chi connectivity index (χ4n) is 1.34. The maximum absolute atomic E-state index is 10.5. The van der Waals surface area contributed by atoms with Crippen LogP contribution in [0.2, 0.25) is 0 Å². The number of carbonyl (C=O) groups is 1. The molecule has 2 rings (SSSR count). The smallest absolute Gasteiger partial charge is 0.231 e. The van der Waals surface area contributed by atoms with E-state index < -0.39 is 0 Å². The van der Waals surface area contributed by atoms with Crippen molar-refractivity contribution in [2.24, 2.45) is 5.73 Å². The average Bonchev–Trinajstić information content (AvgIpc) is 2.64. The third kappa shape index (κ3) is 2.32. The number of amides is 1. The van der Waals surface area contributed by atoms with E-state index in [0.29, 0.717) is 6.54 Å². The molecule has 0 aliphatic rings. The number of carbonyl (C=O) groups excluding carboxylic acids is 1. The molecule has 15 heavy (non-hydrogen) atoms. The van der Waals surface area contributed by atoms with Crippen LogP contribution in [0.4, 0.5) is 0 Å². The molecule has 1 aromatic carbocycles. The summed E-state index contributed by atoms with van der Waals surface area (Å²) in [6.07, 6.45) is 1.41. The van der Waals surface area contributed by atoms with Crippen LogP contribution in [0.25, 0.3) is 11.1 Å². The fourth-order valence-corrected chi connectivity index (χ4v) is 1.34. The van der Waals surface area contributed by atoms with Crippen molar-refractivity contribution in [2.75, 3.05) is 6.54 Å². The number of hydrogen-bond donors (Lipinski definition) is 2. The number of aromatic nitrogens is 1. The van der Waals surface area contributed by atoms with E-state index in [1.54, 1.807) is 0 Å². The van der Waals surface area contributed by atoms with Crippen LogP contribution in [-0.2, 0) is 11.3 Å². The number of fused-ring (bicyclic) bond motifs is 1. The third-order valence-electron chi connectivity index (χ3n) is 2.02. The van der Waals surface area contributed by atoms with Crippen LogP contribution in [0.15, 0.2) is 29.0 Å². The minimum absolute atomic E-state index is 0.175. The molecule has 0 atom stereocenters. The van der Waals surface area contributed by atoms with E-state index >= 15 is 0 Å². The quantitative estimate of drug-likeness (QED) is 0.757. The summed E-state index contributed by atoms with van der Waals surface area (Å²) in [5, 5.41) is 2.92. The Morgan fingerprint density at radius 3 is 3.20 bits per heavy atom. The lowest BCUT2D eigenvalue weighted by Gasteiger charge is -2.01. The Kier molecular flexibility index (Phi) is 2.64. The van der Waals surface area contributed by atoms with Crippen molar-refractivity contribution >= 4 is 17.0 Å². The standard InChI is InChI=1S/C10H11N3O2/c11-10(14)5-12-4-7-1-2-8-9(3-7)15-6-13-8/h1-3,6,12H,4-5H2,(H2,11,14). The lowest BCUT2D eigenvalue weighted by molar-refractivity contribution is -0.117. The lowest BCUT2D eigenvalue weighted by Crippen LogP contribution is -2.28. The first kappa shape index (κ1) is 9.67. The fraction of sp³-hybridized carbons (Fsp3) is 0.200. The summed E-state index contributed by atoms with van der Waals surface area (Å²) in [6.45, 7) is 0.758. The number of rotatable bonds is 4. The molecule has 0 aliphatic heterocycles. The summed E-state index contributed by atoms with van der Waals surface area (Å²) in [5.41, 5.74) is 7.60. The normalized spacial score (nSPS) is 10.7. The molecule has 0 bridgehead atoms. The second kappa shape index (κ2) is 4.10. The number of primary amides is 1. The molecular formula is C10H11N3O2. The highest BCUT2D eigenvalue weighted by Crippen LogP contribution is 2.13. The van der Waals surface area contributed by atoms with E-state index in [4.69, 9.17) is 10.2 Å². The zero-order valence-electron chi connectivity index (χ0n) is 8.06. The van der Waals surface area contributed by atoms with Gasteiger partial charge in [0.05, 0.1) is 6.54 Å². The summed E-state index contributed by atoms with van der Waals surface area (Å²) in [7, 11) is 0. The maximum atomic E-state index is 10.5. The van der Waals surface area contributed by atoms with Gasteiger partial charge in [0.15, 0.2) is 12.0 Å². The second-order valence-corrected chi connectivity index (χ2v) is 3.22. The molecule has 0 aliphatic carbocycles. The Morgan fingerprint density at radius 2 is 2.40 bits per heavy atom. The molecule has 78 valence electrons. The summed E-state index contributed by atoms with van der Waals surface area (Å²) in [6, 6.07) is 5.69. The summed E-state index contributed by atoms with van der Waals surface area (Å²) in [4.78, 5) is 14.5. The lowest BCUT2D eigenvalue weighted by atomic mass is 10.2. The van der Waals surface area contributed by atoms with Gasteiger partial charge in [-0.05, 0) is 17.7 Å². The highest BCUT2D eigenvalue weighted by atomic mass is 16.3. The molecule has 5 nitrogen and oxygen atoms in total. The van der Waals surface area contributed by atoms with Crippen molar-refractivity contribution in [1.29, 1.82) is 0 Å². The van der Waals surface area contributed by atoms with Crippen molar-refractivity contribution in [3.8, 4) is 0 Å². The van der Waals surface area contributed by atoms with Gasteiger partial charge in [-0.2, -0.15) is 0 Å².